The van der Waals surface area contributed by atoms with Crippen LogP contribution in [0.2, 0.25) is 0 Å². The molecule has 26 heavy (non-hydrogen) atoms. The van der Waals surface area contributed by atoms with Gasteiger partial charge < -0.3 is 0 Å². The molecule has 1 aliphatic rings. The molecule has 3 aromatic carbocycles. The standard InChI is InChI=1S/C23H25BrNP/c24-26(25-18-10-11-19-25,22-14-6-2-7-15-22,23-16-8-3-9-17-23)20-21-12-4-1-5-13-21/h1-9,12-17H,10-11,18-20H2. The monoisotopic (exact) mass is 425 g/mol. The Bertz CT molecular complexity index is 806. The molecule has 1 saturated heterocycles. The molecule has 0 bridgehead atoms. The van der Waals surface area contributed by atoms with Gasteiger partial charge in [0.1, 0.15) is 0 Å². The van der Waals surface area contributed by atoms with Crippen LogP contribution in [-0.2, 0) is 6.16 Å². The summed E-state index contributed by atoms with van der Waals surface area (Å²) in [6, 6.07) is 33.2. The second-order valence-electron chi connectivity index (χ2n) is 7.11. The predicted octanol–water partition coefficient (Wildman–Crippen LogP) is 5.71. The fraction of sp³-hybridized carbons (Fsp3) is 0.217. The fourth-order valence-corrected chi connectivity index (χ4v) is 12.6. The van der Waals surface area contributed by atoms with Crippen LogP contribution in [0.15, 0.2) is 91.0 Å². The van der Waals surface area contributed by atoms with Gasteiger partial charge in [0.25, 0.3) is 0 Å². The van der Waals surface area contributed by atoms with E-state index in [0.717, 1.165) is 19.3 Å². The molecule has 1 fully saturated rings. The van der Waals surface area contributed by atoms with Crippen molar-refractivity contribution in [2.24, 2.45) is 0 Å². The van der Waals surface area contributed by atoms with Crippen molar-refractivity contribution in [2.45, 2.75) is 19.0 Å². The molecule has 134 valence electrons. The predicted molar refractivity (Wildman–Crippen MR) is 119 cm³/mol. The van der Waals surface area contributed by atoms with E-state index in [0.29, 0.717) is 0 Å². The Balaban J connectivity index is 2.00. The molecule has 1 heterocycles. The van der Waals surface area contributed by atoms with Crippen LogP contribution in [0.3, 0.4) is 0 Å². The van der Waals surface area contributed by atoms with Crippen molar-refractivity contribution in [3.05, 3.63) is 96.6 Å². The van der Waals surface area contributed by atoms with E-state index in [9.17, 15) is 0 Å². The summed E-state index contributed by atoms with van der Waals surface area (Å²) in [5.41, 5.74) is -1.33. The Morgan fingerprint density at radius 1 is 0.654 bits per heavy atom. The van der Waals surface area contributed by atoms with Gasteiger partial charge >= 0.3 is 165 Å². The van der Waals surface area contributed by atoms with Crippen molar-refractivity contribution < 1.29 is 0 Å². The molecule has 4 rings (SSSR count). The zero-order chi connectivity index (χ0) is 17.9. The third-order valence-corrected chi connectivity index (χ3v) is 15.3. The van der Waals surface area contributed by atoms with Crippen molar-refractivity contribution in [2.75, 3.05) is 13.1 Å². The van der Waals surface area contributed by atoms with Crippen molar-refractivity contribution >= 4 is 31.6 Å². The first-order valence-corrected chi connectivity index (χ1v) is 13.7. The van der Waals surface area contributed by atoms with Gasteiger partial charge in [0.15, 0.2) is 0 Å². The van der Waals surface area contributed by atoms with E-state index < -0.39 is 5.46 Å². The number of rotatable bonds is 5. The van der Waals surface area contributed by atoms with Crippen molar-refractivity contribution in [3.8, 4) is 0 Å². The zero-order valence-corrected chi connectivity index (χ0v) is 17.4. The third-order valence-electron chi connectivity index (χ3n) is 5.55. The van der Waals surface area contributed by atoms with Gasteiger partial charge in [-0.25, -0.2) is 0 Å². The summed E-state index contributed by atoms with van der Waals surface area (Å²) >= 11 is 4.53. The maximum absolute atomic E-state index is 4.53. The van der Waals surface area contributed by atoms with E-state index in [4.69, 9.17) is 0 Å². The minimum atomic E-state index is -2.72. The average molecular weight is 426 g/mol. The quantitative estimate of drug-likeness (QED) is 0.473. The molecule has 1 nitrogen and oxygen atoms in total. The topological polar surface area (TPSA) is 3.24 Å². The summed E-state index contributed by atoms with van der Waals surface area (Å²) in [6.45, 7) is 2.30. The van der Waals surface area contributed by atoms with Crippen LogP contribution in [0.5, 0.6) is 0 Å². The first kappa shape index (κ1) is 17.9. The molecule has 3 heteroatoms. The Hall–Kier alpha value is -1.47. The van der Waals surface area contributed by atoms with Crippen LogP contribution in [0.1, 0.15) is 18.4 Å². The summed E-state index contributed by atoms with van der Waals surface area (Å²) in [5.74, 6) is 0. The van der Waals surface area contributed by atoms with Gasteiger partial charge in [-0.15, -0.1) is 0 Å². The van der Waals surface area contributed by atoms with Crippen molar-refractivity contribution in [1.29, 1.82) is 0 Å². The third kappa shape index (κ3) is 2.95. The molecule has 0 saturated carbocycles. The SMILES string of the molecule is BrP(Cc1ccccc1)(c1ccccc1)(c1ccccc1)N1CCCC1. The van der Waals surface area contributed by atoms with E-state index in [1.807, 2.05) is 0 Å². The normalized spacial score (nSPS) is 16.9. The van der Waals surface area contributed by atoms with Gasteiger partial charge in [0, 0.05) is 0 Å². The molecule has 0 radical (unpaired) electrons. The van der Waals surface area contributed by atoms with E-state index in [1.165, 1.54) is 29.0 Å². The van der Waals surface area contributed by atoms with Crippen LogP contribution < -0.4 is 10.6 Å². The molecule has 0 spiro atoms. The van der Waals surface area contributed by atoms with E-state index in [2.05, 4.69) is 111 Å². The Morgan fingerprint density at radius 2 is 1.08 bits per heavy atom. The van der Waals surface area contributed by atoms with Gasteiger partial charge in [-0.2, -0.15) is 0 Å². The van der Waals surface area contributed by atoms with Crippen LogP contribution in [0.25, 0.3) is 0 Å². The molecular formula is C23H25BrNP. The number of hydrogen-bond donors (Lipinski definition) is 0. The van der Waals surface area contributed by atoms with Crippen LogP contribution in [-0.4, -0.2) is 17.8 Å². The number of benzene rings is 3. The van der Waals surface area contributed by atoms with Gasteiger partial charge in [0.05, 0.1) is 0 Å². The van der Waals surface area contributed by atoms with Crippen LogP contribution in [0, 0.1) is 0 Å². The van der Waals surface area contributed by atoms with E-state index in [-0.39, 0.29) is 0 Å². The van der Waals surface area contributed by atoms with Crippen LogP contribution in [0.4, 0.5) is 0 Å². The second kappa shape index (κ2) is 7.27. The average Bonchev–Trinajstić information content (AvgIpc) is 3.26. The fourth-order valence-electron chi connectivity index (χ4n) is 4.25. The molecule has 0 atom stereocenters. The maximum atomic E-state index is 4.53. The van der Waals surface area contributed by atoms with Crippen molar-refractivity contribution in [3.63, 3.8) is 0 Å². The summed E-state index contributed by atoms with van der Waals surface area (Å²) in [4.78, 5) is 0. The van der Waals surface area contributed by atoms with Gasteiger partial charge in [-0.1, -0.05) is 0 Å². The first-order valence-electron chi connectivity index (χ1n) is 9.35. The molecule has 0 aliphatic carbocycles. The Morgan fingerprint density at radius 3 is 1.54 bits per heavy atom. The number of halogens is 1. The molecule has 3 aromatic rings. The Labute approximate surface area is 164 Å². The summed E-state index contributed by atoms with van der Waals surface area (Å²) < 4.78 is 2.77. The summed E-state index contributed by atoms with van der Waals surface area (Å²) in [5, 5.41) is 2.85. The van der Waals surface area contributed by atoms with E-state index >= 15 is 0 Å². The number of hydrogen-bond acceptors (Lipinski definition) is 1. The molecule has 0 amide bonds. The van der Waals surface area contributed by atoms with E-state index in [1.54, 1.807) is 0 Å². The van der Waals surface area contributed by atoms with Crippen molar-refractivity contribution in [1.82, 2.24) is 4.67 Å². The number of nitrogens with zero attached hydrogens (tertiary/aromatic N) is 1. The van der Waals surface area contributed by atoms with Gasteiger partial charge in [-0.05, 0) is 0 Å². The zero-order valence-electron chi connectivity index (χ0n) is 15.0. The molecule has 0 N–H and O–H groups in total. The summed E-state index contributed by atoms with van der Waals surface area (Å²) in [6.07, 6.45) is 3.57. The van der Waals surface area contributed by atoms with Gasteiger partial charge in [-0.3, -0.25) is 0 Å². The second-order valence-corrected chi connectivity index (χ2v) is 15.9. The molecule has 1 aliphatic heterocycles. The molecule has 0 unspecified atom stereocenters. The van der Waals surface area contributed by atoms with Crippen LogP contribution >= 0.6 is 20.9 Å². The first-order chi connectivity index (χ1) is 12.7. The summed E-state index contributed by atoms with van der Waals surface area (Å²) in [7, 11) is 0. The minimum absolute atomic E-state index is 1.01. The Kier molecular flexibility index (Phi) is 5.01. The molecular weight excluding hydrogens is 401 g/mol. The van der Waals surface area contributed by atoms with Gasteiger partial charge in [0.2, 0.25) is 0 Å². The molecule has 0 aromatic heterocycles.